The minimum atomic E-state index is 0.355. The van der Waals surface area contributed by atoms with E-state index in [2.05, 4.69) is 32.6 Å². The first-order chi connectivity index (χ1) is 7.60. The summed E-state index contributed by atoms with van der Waals surface area (Å²) >= 11 is 0. The van der Waals surface area contributed by atoms with Crippen molar-refractivity contribution in [2.45, 2.75) is 65.8 Å². The molecule has 0 unspecified atom stereocenters. The van der Waals surface area contributed by atoms with Gasteiger partial charge >= 0.3 is 0 Å². The average Bonchev–Trinajstić information content (AvgIpc) is 2.20. The molecule has 0 heterocycles. The van der Waals surface area contributed by atoms with Crippen molar-refractivity contribution in [3.63, 3.8) is 0 Å². The Labute approximate surface area is 103 Å². The van der Waals surface area contributed by atoms with Gasteiger partial charge in [0.05, 0.1) is 0 Å². The zero-order chi connectivity index (χ0) is 12.4. The van der Waals surface area contributed by atoms with E-state index in [9.17, 15) is 0 Å². The molecule has 0 radical (unpaired) electrons. The van der Waals surface area contributed by atoms with Crippen LogP contribution >= 0.6 is 0 Å². The quantitative estimate of drug-likeness (QED) is 0.622. The highest BCUT2D eigenvalue weighted by atomic mass is 15.1. The summed E-state index contributed by atoms with van der Waals surface area (Å²) in [6.07, 6.45) is 6.31. The van der Waals surface area contributed by atoms with Crippen LogP contribution in [-0.2, 0) is 0 Å². The van der Waals surface area contributed by atoms with Crippen molar-refractivity contribution in [2.24, 2.45) is 11.7 Å². The number of nitrogens with zero attached hydrogens (tertiary/aromatic N) is 1. The number of hydrogen-bond donors (Lipinski definition) is 1. The van der Waals surface area contributed by atoms with Crippen LogP contribution < -0.4 is 5.73 Å². The van der Waals surface area contributed by atoms with Gasteiger partial charge in [0.25, 0.3) is 0 Å². The molecule has 0 amide bonds. The lowest BCUT2D eigenvalue weighted by molar-refractivity contribution is 0.239. The first-order valence-corrected chi connectivity index (χ1v) is 7.08. The van der Waals surface area contributed by atoms with Crippen LogP contribution in [0.2, 0.25) is 0 Å². The largest absolute Gasteiger partial charge is 0.327 e. The smallest absolute Gasteiger partial charge is 0.0170 e. The minimum absolute atomic E-state index is 0.355. The van der Waals surface area contributed by atoms with Crippen molar-refractivity contribution in [1.82, 2.24) is 4.90 Å². The van der Waals surface area contributed by atoms with E-state index in [1.165, 1.54) is 38.8 Å². The fourth-order valence-corrected chi connectivity index (χ4v) is 2.07. The molecule has 2 nitrogen and oxygen atoms in total. The van der Waals surface area contributed by atoms with Gasteiger partial charge in [0.1, 0.15) is 0 Å². The molecule has 0 aliphatic heterocycles. The van der Waals surface area contributed by atoms with Gasteiger partial charge in [-0.1, -0.05) is 40.5 Å². The summed E-state index contributed by atoms with van der Waals surface area (Å²) < 4.78 is 0. The third-order valence-corrected chi connectivity index (χ3v) is 2.92. The van der Waals surface area contributed by atoms with Crippen LogP contribution in [0.5, 0.6) is 0 Å². The summed E-state index contributed by atoms with van der Waals surface area (Å²) in [5.74, 6) is 0.717. The normalized spacial score (nSPS) is 13.7. The third-order valence-electron chi connectivity index (χ3n) is 2.92. The second kappa shape index (κ2) is 10.1. The summed E-state index contributed by atoms with van der Waals surface area (Å²) in [4.78, 5) is 2.56. The lowest BCUT2D eigenvalue weighted by Crippen LogP contribution is -2.39. The molecule has 0 saturated heterocycles. The van der Waals surface area contributed by atoms with E-state index < -0.39 is 0 Å². The first kappa shape index (κ1) is 15.9. The molecule has 0 saturated carbocycles. The molecule has 1 atom stereocenters. The van der Waals surface area contributed by atoms with Crippen molar-refractivity contribution in [3.05, 3.63) is 0 Å². The third kappa shape index (κ3) is 9.17. The molecule has 0 aromatic carbocycles. The summed E-state index contributed by atoms with van der Waals surface area (Å²) in [6, 6.07) is 0.355. The van der Waals surface area contributed by atoms with Gasteiger partial charge in [-0.25, -0.2) is 0 Å². The van der Waals surface area contributed by atoms with Crippen LogP contribution in [0, 0.1) is 5.92 Å². The van der Waals surface area contributed by atoms with Crippen molar-refractivity contribution < 1.29 is 0 Å². The Morgan fingerprint density at radius 1 is 1.00 bits per heavy atom. The van der Waals surface area contributed by atoms with E-state index in [0.717, 1.165) is 13.0 Å². The van der Waals surface area contributed by atoms with Gasteiger partial charge in [-0.15, -0.1) is 0 Å². The van der Waals surface area contributed by atoms with Crippen LogP contribution in [0.1, 0.15) is 59.8 Å². The van der Waals surface area contributed by atoms with E-state index in [-0.39, 0.29) is 0 Å². The molecule has 16 heavy (non-hydrogen) atoms. The highest BCUT2D eigenvalue weighted by Crippen LogP contribution is 2.06. The molecule has 2 heteroatoms. The van der Waals surface area contributed by atoms with Gasteiger partial charge in [-0.05, 0) is 38.3 Å². The number of rotatable bonds is 10. The molecule has 0 fully saturated rings. The highest BCUT2D eigenvalue weighted by molar-refractivity contribution is 4.70. The van der Waals surface area contributed by atoms with Crippen molar-refractivity contribution >= 4 is 0 Å². The molecular weight excluding hydrogens is 196 g/mol. The van der Waals surface area contributed by atoms with Crippen LogP contribution in [0.25, 0.3) is 0 Å². The Kier molecular flexibility index (Phi) is 10.0. The van der Waals surface area contributed by atoms with Crippen LogP contribution in [0.3, 0.4) is 0 Å². The number of hydrogen-bond acceptors (Lipinski definition) is 2. The van der Waals surface area contributed by atoms with Crippen LogP contribution in [0.4, 0.5) is 0 Å². The summed E-state index contributed by atoms with van der Waals surface area (Å²) in [6.45, 7) is 12.5. The zero-order valence-corrected chi connectivity index (χ0v) is 11.8. The standard InChI is InChI=1S/C14H32N2/c1-5-7-9-16(10-8-6-2)12-14(15)11-13(3)4/h13-14H,5-12,15H2,1-4H3/t14-/m0/s1. The molecular formula is C14H32N2. The van der Waals surface area contributed by atoms with Gasteiger partial charge < -0.3 is 10.6 Å². The zero-order valence-electron chi connectivity index (χ0n) is 11.8. The lowest BCUT2D eigenvalue weighted by Gasteiger charge is -2.26. The number of nitrogens with two attached hydrogens (primary N) is 1. The van der Waals surface area contributed by atoms with E-state index in [0.29, 0.717) is 12.0 Å². The first-order valence-electron chi connectivity index (χ1n) is 7.08. The Morgan fingerprint density at radius 2 is 1.50 bits per heavy atom. The summed E-state index contributed by atoms with van der Waals surface area (Å²) in [7, 11) is 0. The van der Waals surface area contributed by atoms with Crippen molar-refractivity contribution in [1.29, 1.82) is 0 Å². The fraction of sp³-hybridized carbons (Fsp3) is 1.00. The van der Waals surface area contributed by atoms with Crippen molar-refractivity contribution in [3.8, 4) is 0 Å². The van der Waals surface area contributed by atoms with E-state index in [1.54, 1.807) is 0 Å². The van der Waals surface area contributed by atoms with Gasteiger partial charge in [-0.2, -0.15) is 0 Å². The lowest BCUT2D eigenvalue weighted by atomic mass is 10.0. The molecule has 0 spiro atoms. The van der Waals surface area contributed by atoms with E-state index in [4.69, 9.17) is 5.73 Å². The van der Waals surface area contributed by atoms with Crippen molar-refractivity contribution in [2.75, 3.05) is 19.6 Å². The van der Waals surface area contributed by atoms with Gasteiger partial charge in [0.2, 0.25) is 0 Å². The fourth-order valence-electron chi connectivity index (χ4n) is 2.07. The monoisotopic (exact) mass is 228 g/mol. The van der Waals surface area contributed by atoms with Crippen LogP contribution in [0.15, 0.2) is 0 Å². The molecule has 0 aliphatic carbocycles. The molecule has 0 rings (SSSR count). The highest BCUT2D eigenvalue weighted by Gasteiger charge is 2.11. The van der Waals surface area contributed by atoms with Gasteiger partial charge in [0, 0.05) is 12.6 Å². The Morgan fingerprint density at radius 3 is 1.88 bits per heavy atom. The second-order valence-corrected chi connectivity index (χ2v) is 5.40. The topological polar surface area (TPSA) is 29.3 Å². The predicted octanol–water partition coefficient (Wildman–Crippen LogP) is 3.26. The molecule has 0 aromatic rings. The van der Waals surface area contributed by atoms with Gasteiger partial charge in [0.15, 0.2) is 0 Å². The Bertz CT molecular complexity index is 138. The summed E-state index contributed by atoms with van der Waals surface area (Å²) in [5, 5.41) is 0. The SMILES string of the molecule is CCCCN(CCCC)C[C@@H](N)CC(C)C. The molecule has 0 bridgehead atoms. The molecule has 0 aromatic heterocycles. The van der Waals surface area contributed by atoms with E-state index >= 15 is 0 Å². The Balaban J connectivity index is 3.87. The van der Waals surface area contributed by atoms with E-state index in [1.807, 2.05) is 0 Å². The maximum Gasteiger partial charge on any atom is 0.0170 e. The summed E-state index contributed by atoms with van der Waals surface area (Å²) in [5.41, 5.74) is 6.18. The van der Waals surface area contributed by atoms with Gasteiger partial charge in [-0.3, -0.25) is 0 Å². The molecule has 98 valence electrons. The maximum atomic E-state index is 6.18. The maximum absolute atomic E-state index is 6.18. The predicted molar refractivity (Wildman–Crippen MR) is 73.7 cm³/mol. The molecule has 0 aliphatic rings. The minimum Gasteiger partial charge on any atom is -0.327 e. The second-order valence-electron chi connectivity index (χ2n) is 5.40. The van der Waals surface area contributed by atoms with Crippen LogP contribution in [-0.4, -0.2) is 30.6 Å². The average molecular weight is 228 g/mol. The molecule has 2 N–H and O–H groups in total. The Hall–Kier alpha value is -0.0800. The number of unbranched alkanes of at least 4 members (excludes halogenated alkanes) is 2.